The molecule has 21 nitrogen and oxygen atoms in total. The van der Waals surface area contributed by atoms with Crippen molar-refractivity contribution in [1.29, 1.82) is 0 Å². The van der Waals surface area contributed by atoms with Gasteiger partial charge in [-0.25, -0.2) is 30.2 Å². The number of anilines is 1. The van der Waals surface area contributed by atoms with E-state index in [0.717, 1.165) is 12.1 Å². The molecule has 0 saturated heterocycles. The fraction of sp³-hybridized carbons (Fsp3) is 0.0571. The zero-order valence-electron chi connectivity index (χ0n) is 34.3. The Balaban J connectivity index is 0.00000352. The molecule has 0 bridgehead atoms. The van der Waals surface area contributed by atoms with E-state index in [-0.39, 0.29) is 185 Å². The van der Waals surface area contributed by atoms with Gasteiger partial charge in [0.1, 0.15) is 52.4 Å². The van der Waals surface area contributed by atoms with Crippen LogP contribution in [-0.4, -0.2) is 72.1 Å². The summed E-state index contributed by atoms with van der Waals surface area (Å²) in [5, 5.41) is 31.4. The maximum atomic E-state index is 13.0. The van der Waals surface area contributed by atoms with Crippen LogP contribution in [0.15, 0.2) is 142 Å². The van der Waals surface area contributed by atoms with E-state index in [0.29, 0.717) is 12.1 Å². The third-order valence-electron chi connectivity index (χ3n) is 8.25. The number of methoxy groups -OCH3 is 2. The summed E-state index contributed by atoms with van der Waals surface area (Å²) in [4.78, 5) is 0.505. The Labute approximate surface area is 454 Å². The predicted octanol–water partition coefficient (Wildman–Crippen LogP) is -6.72. The van der Waals surface area contributed by atoms with Crippen LogP contribution in [0.4, 0.5) is 34.1 Å². The predicted molar refractivity (Wildman–Crippen MR) is 207 cm³/mol. The summed E-state index contributed by atoms with van der Waals surface area (Å²) in [5.41, 5.74) is 0.764. The number of aliphatic imine (C=N–C) groups is 1. The zero-order valence-corrected chi connectivity index (χ0v) is 45.5. The first-order valence-corrected chi connectivity index (χ1v) is 21.9. The summed E-state index contributed by atoms with van der Waals surface area (Å²) in [5.74, 6) is 0.211. The first-order chi connectivity index (χ1) is 28.0. The Morgan fingerprint density at radius 1 is 0.531 bits per heavy atom. The molecule has 2 N–H and O–H groups in total. The summed E-state index contributed by atoms with van der Waals surface area (Å²) in [7, 11) is -17.7. The van der Waals surface area contributed by atoms with E-state index in [4.69, 9.17) is 9.47 Å². The second-order valence-corrected chi connectivity index (χ2v) is 17.7. The first kappa shape index (κ1) is 57.7. The molecule has 0 atom stereocenters. The molecule has 0 amide bonds. The van der Waals surface area contributed by atoms with Crippen molar-refractivity contribution in [3.05, 3.63) is 97.1 Å². The van der Waals surface area contributed by atoms with E-state index < -0.39 is 66.1 Å². The molecular weight excluding hydrogens is 965 g/mol. The van der Waals surface area contributed by atoms with E-state index in [2.05, 4.69) is 30.8 Å². The molecule has 6 aromatic carbocycles. The first-order valence-electron chi connectivity index (χ1n) is 16.3. The van der Waals surface area contributed by atoms with Crippen LogP contribution < -0.4 is 138 Å². The smallest absolute Gasteiger partial charge is 0.846 e. The van der Waals surface area contributed by atoms with Gasteiger partial charge in [0.15, 0.2) is 0 Å². The van der Waals surface area contributed by atoms with Crippen molar-refractivity contribution < 1.29 is 185 Å². The van der Waals surface area contributed by atoms with Gasteiger partial charge in [-0.05, 0) is 83.6 Å². The summed E-state index contributed by atoms with van der Waals surface area (Å²) in [6.07, 6.45) is 0. The van der Waals surface area contributed by atoms with Crippen LogP contribution in [0.1, 0.15) is 0 Å². The van der Waals surface area contributed by atoms with E-state index in [9.17, 15) is 57.0 Å². The van der Waals surface area contributed by atoms with Gasteiger partial charge in [0.05, 0.1) is 63.4 Å². The molecule has 0 aromatic heterocycles. The van der Waals surface area contributed by atoms with Crippen LogP contribution in [0, 0.1) is 0 Å². The molecule has 0 fully saturated rings. The normalized spacial score (nSPS) is 12.2. The molecule has 0 aliphatic rings. The molecule has 0 heterocycles. The van der Waals surface area contributed by atoms with Crippen molar-refractivity contribution in [1.82, 2.24) is 0 Å². The summed E-state index contributed by atoms with van der Waals surface area (Å²) in [6, 6.07) is 18.1. The van der Waals surface area contributed by atoms with E-state index >= 15 is 0 Å². The molecule has 29 heteroatoms. The number of benzene rings is 6. The Morgan fingerprint density at radius 2 is 0.938 bits per heavy atom. The molecule has 0 aliphatic heterocycles. The Kier molecular flexibility index (Phi) is 20.8. The molecule has 6 aromatic rings. The maximum absolute atomic E-state index is 13.0. The van der Waals surface area contributed by atoms with Gasteiger partial charge in [-0.3, -0.25) is 4.55 Å². The molecule has 0 spiro atoms. The summed E-state index contributed by atoms with van der Waals surface area (Å²) >= 11 is 0. The SMILES string of the molecule is COc1cc(N=Nc2ccc3cc(S(=O)(=O)[O-])cc(S(=O)(=O)[O-])c3c2)ccc1N=C([O-])Nc1ccc(N=Nc2ccc3cc(S(=O)(=O)[O-])cc(S(=O)(=O)O)c3c2)cc1OC.[Na+].[Na+].[Na+].[Na+]. The third-order valence-corrected chi connectivity index (χ3v) is 11.6. The molecule has 0 radical (unpaired) electrons. The number of rotatable bonds is 12. The second-order valence-electron chi connectivity index (χ2n) is 12.2. The average Bonchev–Trinajstić information content (AvgIpc) is 3.17. The van der Waals surface area contributed by atoms with Crippen LogP contribution in [0.25, 0.3) is 21.5 Å². The molecular formula is C35H24N6Na4O15S4. The van der Waals surface area contributed by atoms with Crippen LogP contribution in [0.2, 0.25) is 0 Å². The maximum Gasteiger partial charge on any atom is 1.00 e. The second kappa shape index (κ2) is 23.0. The van der Waals surface area contributed by atoms with Crippen molar-refractivity contribution >= 4 is 102 Å². The van der Waals surface area contributed by atoms with Crippen molar-refractivity contribution in [2.24, 2.45) is 25.4 Å². The average molecular weight is 989 g/mol. The zero-order chi connectivity index (χ0) is 43.8. The van der Waals surface area contributed by atoms with Crippen molar-refractivity contribution in [3.63, 3.8) is 0 Å². The monoisotopic (exact) mass is 988 g/mol. The number of hydrogen-bond donors (Lipinski definition) is 2. The molecule has 0 unspecified atom stereocenters. The molecule has 0 aliphatic carbocycles. The number of hydrogen-bond acceptors (Lipinski definition) is 19. The molecule has 0 saturated carbocycles. The molecule has 64 heavy (non-hydrogen) atoms. The summed E-state index contributed by atoms with van der Waals surface area (Å²) < 4.78 is 149. The van der Waals surface area contributed by atoms with Gasteiger partial charge in [0, 0.05) is 22.9 Å². The minimum Gasteiger partial charge on any atom is -0.846 e. The molecule has 6 rings (SSSR count). The van der Waals surface area contributed by atoms with E-state index in [1.807, 2.05) is 0 Å². The summed E-state index contributed by atoms with van der Waals surface area (Å²) in [6.45, 7) is 0. The standard InChI is InChI=1S/C35H28N6O15S4.4Na/c1-55-31-15-23(40-38-21-5-3-19-11-25(57(43,44)45)17-33(27(19)13-21)59(49,50)51)7-9-29(31)36-35(42)37-30-10-8-24(16-32(30)56-2)41-39-22-6-4-20-12-26(58(46,47)48)18-34(28(20)14-22)60(52,53)54;;;;/h3-18H,1-2H3,(H2,36,37,42)(H,43,44,45)(H,46,47,48)(H,49,50,51)(H,52,53,54);;;;/q;4*+1/p-4. The van der Waals surface area contributed by atoms with Crippen LogP contribution in [0.5, 0.6) is 11.5 Å². The Bertz CT molecular complexity index is 3310. The number of amidine groups is 1. The van der Waals surface area contributed by atoms with Crippen LogP contribution in [-0.2, 0) is 40.5 Å². The van der Waals surface area contributed by atoms with Gasteiger partial charge in [-0.15, -0.1) is 0 Å². The van der Waals surface area contributed by atoms with E-state index in [1.54, 1.807) is 0 Å². The number of azo groups is 2. The van der Waals surface area contributed by atoms with Crippen LogP contribution in [0.3, 0.4) is 0 Å². The van der Waals surface area contributed by atoms with Gasteiger partial charge < -0.3 is 33.6 Å². The topological polar surface area (TPSA) is 341 Å². The van der Waals surface area contributed by atoms with Crippen molar-refractivity contribution in [3.8, 4) is 11.5 Å². The van der Waals surface area contributed by atoms with E-state index in [1.165, 1.54) is 87.0 Å². The number of nitrogens with one attached hydrogen (secondary N) is 1. The van der Waals surface area contributed by atoms with Gasteiger partial charge in [-0.2, -0.15) is 28.9 Å². The van der Waals surface area contributed by atoms with Gasteiger partial charge in [0.25, 0.3) is 10.1 Å². The Hall–Kier alpha value is -2.45. The fourth-order valence-electron chi connectivity index (χ4n) is 5.55. The quantitative estimate of drug-likeness (QED) is 0.0378. The van der Waals surface area contributed by atoms with Gasteiger partial charge in [-0.1, -0.05) is 12.1 Å². The fourth-order valence-corrected chi connectivity index (χ4v) is 8.22. The largest absolute Gasteiger partial charge is 1.00 e. The van der Waals surface area contributed by atoms with Crippen molar-refractivity contribution in [2.75, 3.05) is 19.5 Å². The minimum atomic E-state index is -5.21. The van der Waals surface area contributed by atoms with Gasteiger partial charge >= 0.3 is 118 Å². The molecule has 312 valence electrons. The number of ether oxygens (including phenoxy) is 2. The van der Waals surface area contributed by atoms with Crippen molar-refractivity contribution in [2.45, 2.75) is 19.6 Å². The van der Waals surface area contributed by atoms with Crippen LogP contribution >= 0.6 is 0 Å². The number of fused-ring (bicyclic) bond motifs is 2. The Morgan fingerprint density at radius 3 is 1.38 bits per heavy atom. The third kappa shape index (κ3) is 14.3. The number of nitrogens with zero attached hydrogens (tertiary/aromatic N) is 5. The minimum absolute atomic E-state index is 0. The van der Waals surface area contributed by atoms with Gasteiger partial charge in [0.2, 0.25) is 0 Å².